The van der Waals surface area contributed by atoms with E-state index in [2.05, 4.69) is 0 Å². The van der Waals surface area contributed by atoms with Crippen LogP contribution in [0, 0.1) is 6.92 Å². The third-order valence-corrected chi connectivity index (χ3v) is 4.73. The molecule has 0 aliphatic carbocycles. The molecule has 5 nitrogen and oxygen atoms in total. The summed E-state index contributed by atoms with van der Waals surface area (Å²) >= 11 is 0. The van der Waals surface area contributed by atoms with Crippen molar-refractivity contribution in [1.29, 1.82) is 0 Å². The van der Waals surface area contributed by atoms with Crippen molar-refractivity contribution in [3.63, 3.8) is 0 Å². The standard InChI is InChI=1S/C12H16O5S/c1-8(17-3)7-18(15,16)11-6-4-5-10(9(11)2)12(13)14/h4-6,8H,7H2,1-3H3,(H,13,14). The Bertz CT molecular complexity index is 548. The normalized spacial score (nSPS) is 13.3. The number of carbonyl (C=O) groups is 1. The fraction of sp³-hybridized carbons (Fsp3) is 0.417. The first-order valence-electron chi connectivity index (χ1n) is 5.38. The van der Waals surface area contributed by atoms with Crippen molar-refractivity contribution in [2.45, 2.75) is 24.8 Å². The molecule has 0 saturated carbocycles. The minimum atomic E-state index is -3.55. The van der Waals surface area contributed by atoms with E-state index >= 15 is 0 Å². The second-order valence-corrected chi connectivity index (χ2v) is 6.06. The van der Waals surface area contributed by atoms with E-state index in [0.29, 0.717) is 0 Å². The number of rotatable bonds is 5. The molecule has 6 heteroatoms. The highest BCUT2D eigenvalue weighted by atomic mass is 32.2. The van der Waals surface area contributed by atoms with Crippen LogP contribution in [0.2, 0.25) is 0 Å². The number of carboxylic acids is 1. The van der Waals surface area contributed by atoms with Crippen LogP contribution in [-0.2, 0) is 14.6 Å². The molecule has 0 aliphatic heterocycles. The Kier molecular flexibility index (Phi) is 4.48. The SMILES string of the molecule is COC(C)CS(=O)(=O)c1cccc(C(=O)O)c1C. The largest absolute Gasteiger partial charge is 0.478 e. The summed E-state index contributed by atoms with van der Waals surface area (Å²) < 4.78 is 29.2. The van der Waals surface area contributed by atoms with Crippen molar-refractivity contribution in [3.05, 3.63) is 29.3 Å². The number of hydrogen-bond donors (Lipinski definition) is 1. The maximum absolute atomic E-state index is 12.1. The molecule has 1 atom stereocenters. The molecule has 0 aromatic heterocycles. The summed E-state index contributed by atoms with van der Waals surface area (Å²) in [6.07, 6.45) is -0.442. The number of aromatic carboxylic acids is 1. The van der Waals surface area contributed by atoms with E-state index in [4.69, 9.17) is 9.84 Å². The first-order chi connectivity index (χ1) is 8.29. The van der Waals surface area contributed by atoms with Gasteiger partial charge in [-0.2, -0.15) is 0 Å². The molecular weight excluding hydrogens is 256 g/mol. The predicted molar refractivity (Wildman–Crippen MR) is 66.7 cm³/mol. The Morgan fingerprint density at radius 3 is 2.56 bits per heavy atom. The van der Waals surface area contributed by atoms with Crippen molar-refractivity contribution >= 4 is 15.8 Å². The van der Waals surface area contributed by atoms with Gasteiger partial charge in [0.05, 0.1) is 22.3 Å². The second-order valence-electron chi connectivity index (χ2n) is 4.06. The Morgan fingerprint density at radius 1 is 1.44 bits per heavy atom. The van der Waals surface area contributed by atoms with Crippen LogP contribution in [0.15, 0.2) is 23.1 Å². The Hall–Kier alpha value is -1.40. The predicted octanol–water partition coefficient (Wildman–Crippen LogP) is 1.50. The van der Waals surface area contributed by atoms with Crippen LogP contribution in [0.3, 0.4) is 0 Å². The average molecular weight is 272 g/mol. The van der Waals surface area contributed by atoms with Crippen LogP contribution >= 0.6 is 0 Å². The zero-order valence-electron chi connectivity index (χ0n) is 10.5. The van der Waals surface area contributed by atoms with Gasteiger partial charge in [-0.25, -0.2) is 13.2 Å². The second kappa shape index (κ2) is 5.49. The summed E-state index contributed by atoms with van der Waals surface area (Å²) in [5.74, 6) is -1.31. The molecule has 1 N–H and O–H groups in total. The maximum Gasteiger partial charge on any atom is 0.335 e. The lowest BCUT2D eigenvalue weighted by atomic mass is 10.1. The number of benzene rings is 1. The van der Waals surface area contributed by atoms with Gasteiger partial charge in [0.25, 0.3) is 0 Å². The summed E-state index contributed by atoms with van der Waals surface area (Å²) in [6.45, 7) is 3.14. The molecule has 1 rings (SSSR count). The summed E-state index contributed by atoms with van der Waals surface area (Å²) in [5.41, 5.74) is 0.259. The van der Waals surface area contributed by atoms with E-state index in [9.17, 15) is 13.2 Å². The minimum Gasteiger partial charge on any atom is -0.478 e. The quantitative estimate of drug-likeness (QED) is 0.878. The molecule has 1 aromatic rings. The van der Waals surface area contributed by atoms with Crippen LogP contribution in [0.4, 0.5) is 0 Å². The zero-order valence-corrected chi connectivity index (χ0v) is 11.3. The van der Waals surface area contributed by atoms with E-state index < -0.39 is 21.9 Å². The molecule has 0 aliphatic rings. The summed E-state index contributed by atoms with van der Waals surface area (Å²) in [4.78, 5) is 11.0. The lowest BCUT2D eigenvalue weighted by Gasteiger charge is -2.13. The van der Waals surface area contributed by atoms with E-state index in [1.807, 2.05) is 0 Å². The van der Waals surface area contributed by atoms with Crippen LogP contribution in [-0.4, -0.2) is 38.5 Å². The molecule has 0 fully saturated rings. The van der Waals surface area contributed by atoms with Gasteiger partial charge in [0.15, 0.2) is 9.84 Å². The molecule has 0 spiro atoms. The molecule has 18 heavy (non-hydrogen) atoms. The van der Waals surface area contributed by atoms with Gasteiger partial charge in [-0.1, -0.05) is 6.07 Å². The molecule has 0 amide bonds. The minimum absolute atomic E-state index is 0.00106. The molecule has 0 heterocycles. The van der Waals surface area contributed by atoms with Crippen molar-refractivity contribution in [1.82, 2.24) is 0 Å². The zero-order chi connectivity index (χ0) is 13.9. The van der Waals surface area contributed by atoms with Crippen molar-refractivity contribution in [2.75, 3.05) is 12.9 Å². The van der Waals surface area contributed by atoms with Gasteiger partial charge in [-0.05, 0) is 31.5 Å². The number of carboxylic acid groups (broad SMARTS) is 1. The fourth-order valence-electron chi connectivity index (χ4n) is 1.65. The topological polar surface area (TPSA) is 80.7 Å². The number of sulfone groups is 1. The van der Waals surface area contributed by atoms with E-state index in [0.717, 1.165) is 0 Å². The number of methoxy groups -OCH3 is 1. The molecule has 100 valence electrons. The van der Waals surface area contributed by atoms with Gasteiger partial charge in [0.2, 0.25) is 0 Å². The summed E-state index contributed by atoms with van der Waals surface area (Å²) in [7, 11) is -2.12. The van der Waals surface area contributed by atoms with Crippen molar-refractivity contribution < 1.29 is 23.1 Å². The van der Waals surface area contributed by atoms with Gasteiger partial charge in [0, 0.05) is 7.11 Å². The molecule has 0 bridgehead atoms. The van der Waals surface area contributed by atoms with Crippen LogP contribution in [0.25, 0.3) is 0 Å². The summed E-state index contributed by atoms with van der Waals surface area (Å²) in [6, 6.07) is 4.23. The van der Waals surface area contributed by atoms with Gasteiger partial charge in [-0.3, -0.25) is 0 Å². The molecular formula is C12H16O5S. The Morgan fingerprint density at radius 2 is 2.06 bits per heavy atom. The van der Waals surface area contributed by atoms with Gasteiger partial charge in [-0.15, -0.1) is 0 Å². The Balaban J connectivity index is 3.26. The summed E-state index contributed by atoms with van der Waals surface area (Å²) in [5, 5.41) is 8.96. The van der Waals surface area contributed by atoms with E-state index in [1.54, 1.807) is 6.92 Å². The van der Waals surface area contributed by atoms with Crippen molar-refractivity contribution in [2.24, 2.45) is 0 Å². The molecule has 0 saturated heterocycles. The average Bonchev–Trinajstić information content (AvgIpc) is 2.27. The Labute approximate surface area is 106 Å². The molecule has 1 unspecified atom stereocenters. The highest BCUT2D eigenvalue weighted by Crippen LogP contribution is 2.21. The lowest BCUT2D eigenvalue weighted by molar-refractivity contribution is 0.0696. The highest BCUT2D eigenvalue weighted by molar-refractivity contribution is 7.91. The van der Waals surface area contributed by atoms with Crippen LogP contribution in [0.5, 0.6) is 0 Å². The van der Waals surface area contributed by atoms with Gasteiger partial charge >= 0.3 is 5.97 Å². The molecule has 0 radical (unpaired) electrons. The number of hydrogen-bond acceptors (Lipinski definition) is 4. The van der Waals surface area contributed by atoms with Gasteiger partial charge < -0.3 is 9.84 Å². The highest BCUT2D eigenvalue weighted by Gasteiger charge is 2.22. The van der Waals surface area contributed by atoms with Crippen LogP contribution < -0.4 is 0 Å². The lowest BCUT2D eigenvalue weighted by Crippen LogP contribution is -2.21. The number of ether oxygens (including phenoxy) is 1. The smallest absolute Gasteiger partial charge is 0.335 e. The fourth-order valence-corrected chi connectivity index (χ4v) is 3.45. The van der Waals surface area contributed by atoms with Crippen molar-refractivity contribution in [3.8, 4) is 0 Å². The van der Waals surface area contributed by atoms with Gasteiger partial charge in [0.1, 0.15) is 0 Å². The first-order valence-corrected chi connectivity index (χ1v) is 7.03. The first kappa shape index (κ1) is 14.7. The molecule has 1 aromatic carbocycles. The van der Waals surface area contributed by atoms with E-state index in [-0.39, 0.29) is 21.8 Å². The van der Waals surface area contributed by atoms with Crippen LogP contribution in [0.1, 0.15) is 22.8 Å². The third-order valence-electron chi connectivity index (χ3n) is 2.71. The monoisotopic (exact) mass is 272 g/mol. The maximum atomic E-state index is 12.1. The third kappa shape index (κ3) is 3.08. The van der Waals surface area contributed by atoms with E-state index in [1.165, 1.54) is 32.2 Å².